The number of esters is 1. The highest BCUT2D eigenvalue weighted by molar-refractivity contribution is 6.74. The van der Waals surface area contributed by atoms with E-state index in [0.717, 1.165) is 0 Å². The summed E-state index contributed by atoms with van der Waals surface area (Å²) in [6, 6.07) is 5.92. The molecule has 0 radical (unpaired) electrons. The van der Waals surface area contributed by atoms with E-state index in [1.807, 2.05) is 0 Å². The number of carbonyl (C=O) groups is 2. The molecule has 0 aliphatic rings. The summed E-state index contributed by atoms with van der Waals surface area (Å²) in [6.07, 6.45) is 0.343. The minimum absolute atomic E-state index is 0.0780. The number of hydrogen-bond donors (Lipinski definition) is 1. The standard InChI is InChI=1S/C18H28ClNO4Si/c1-18(2,3)25(5,6)24-12-11-15(17(22)23-4)20-16(21)13-9-7-8-10-14(13)19/h7-10,15H,11-12H2,1-6H3,(H,20,21)/t15-/m0/s1. The topological polar surface area (TPSA) is 64.6 Å². The lowest BCUT2D eigenvalue weighted by molar-refractivity contribution is -0.143. The Morgan fingerprint density at radius 1 is 1.24 bits per heavy atom. The first kappa shape index (κ1) is 21.7. The largest absolute Gasteiger partial charge is 0.467 e. The number of rotatable bonds is 7. The van der Waals surface area contributed by atoms with Gasteiger partial charge in [-0.2, -0.15) is 0 Å². The molecule has 25 heavy (non-hydrogen) atoms. The molecule has 1 aromatic carbocycles. The lowest BCUT2D eigenvalue weighted by Gasteiger charge is -2.36. The van der Waals surface area contributed by atoms with Gasteiger partial charge in [0.2, 0.25) is 0 Å². The molecule has 0 saturated heterocycles. The van der Waals surface area contributed by atoms with Gasteiger partial charge < -0.3 is 14.5 Å². The third-order valence-corrected chi connectivity index (χ3v) is 9.45. The summed E-state index contributed by atoms with van der Waals surface area (Å²) in [5, 5.41) is 3.10. The van der Waals surface area contributed by atoms with Crippen LogP contribution in [-0.4, -0.2) is 40.0 Å². The minimum Gasteiger partial charge on any atom is -0.467 e. The van der Waals surface area contributed by atoms with Crippen molar-refractivity contribution in [1.82, 2.24) is 5.32 Å². The molecule has 0 aromatic heterocycles. The third-order valence-electron chi connectivity index (χ3n) is 4.59. The molecule has 0 fully saturated rings. The van der Waals surface area contributed by atoms with Crippen molar-refractivity contribution >= 4 is 31.8 Å². The molecule has 0 bridgehead atoms. The van der Waals surface area contributed by atoms with Crippen LogP contribution < -0.4 is 5.32 Å². The molecular weight excluding hydrogens is 358 g/mol. The molecule has 140 valence electrons. The van der Waals surface area contributed by atoms with Crippen molar-refractivity contribution in [3.63, 3.8) is 0 Å². The van der Waals surface area contributed by atoms with Gasteiger partial charge in [0, 0.05) is 13.0 Å². The lowest BCUT2D eigenvalue weighted by atomic mass is 10.1. The van der Waals surface area contributed by atoms with Crippen LogP contribution in [0, 0.1) is 0 Å². The average Bonchev–Trinajstić information content (AvgIpc) is 2.52. The van der Waals surface area contributed by atoms with Gasteiger partial charge in [-0.1, -0.05) is 44.5 Å². The predicted molar refractivity (Wildman–Crippen MR) is 102 cm³/mol. The van der Waals surface area contributed by atoms with Crippen LogP contribution in [0.1, 0.15) is 37.6 Å². The van der Waals surface area contributed by atoms with Gasteiger partial charge in [0.1, 0.15) is 6.04 Å². The molecule has 5 nitrogen and oxygen atoms in total. The lowest BCUT2D eigenvalue weighted by Crippen LogP contribution is -2.45. The second-order valence-corrected chi connectivity index (χ2v) is 12.6. The molecule has 1 atom stereocenters. The normalized spacial score (nSPS) is 13.2. The molecule has 0 aliphatic carbocycles. The molecule has 1 aromatic rings. The van der Waals surface area contributed by atoms with Crippen molar-refractivity contribution in [1.29, 1.82) is 0 Å². The first-order chi connectivity index (χ1) is 11.5. The number of carbonyl (C=O) groups excluding carboxylic acids is 2. The minimum atomic E-state index is -1.92. The van der Waals surface area contributed by atoms with Gasteiger partial charge >= 0.3 is 5.97 Å². The van der Waals surface area contributed by atoms with Crippen LogP contribution in [0.4, 0.5) is 0 Å². The fourth-order valence-electron chi connectivity index (χ4n) is 1.92. The number of methoxy groups -OCH3 is 1. The number of halogens is 1. The van der Waals surface area contributed by atoms with Crippen LogP contribution >= 0.6 is 11.6 Å². The summed E-state index contributed by atoms with van der Waals surface area (Å²) in [7, 11) is -0.618. The Labute approximate surface area is 156 Å². The molecule has 0 saturated carbocycles. The van der Waals surface area contributed by atoms with Gasteiger partial charge in [-0.15, -0.1) is 0 Å². The van der Waals surface area contributed by atoms with Crippen molar-refractivity contribution in [2.24, 2.45) is 0 Å². The number of amides is 1. The summed E-state index contributed by atoms with van der Waals surface area (Å²) >= 11 is 6.03. The molecular formula is C18H28ClNO4Si. The summed E-state index contributed by atoms with van der Waals surface area (Å²) in [5.74, 6) is -0.910. The van der Waals surface area contributed by atoms with Crippen LogP contribution in [-0.2, 0) is 14.0 Å². The Bertz CT molecular complexity index is 613. The molecule has 0 spiro atoms. The van der Waals surface area contributed by atoms with E-state index >= 15 is 0 Å². The Morgan fingerprint density at radius 2 is 1.84 bits per heavy atom. The Hall–Kier alpha value is -1.37. The first-order valence-corrected chi connectivity index (χ1v) is 11.6. The smallest absolute Gasteiger partial charge is 0.328 e. The summed E-state index contributed by atoms with van der Waals surface area (Å²) < 4.78 is 10.9. The summed E-state index contributed by atoms with van der Waals surface area (Å²) in [5.41, 5.74) is 0.323. The molecule has 1 amide bonds. The van der Waals surface area contributed by atoms with E-state index in [1.54, 1.807) is 24.3 Å². The monoisotopic (exact) mass is 385 g/mol. The average molecular weight is 386 g/mol. The van der Waals surface area contributed by atoms with E-state index in [9.17, 15) is 9.59 Å². The Kier molecular flexibility index (Phi) is 7.65. The van der Waals surface area contributed by atoms with E-state index < -0.39 is 26.2 Å². The zero-order valence-corrected chi connectivity index (χ0v) is 17.6. The zero-order valence-electron chi connectivity index (χ0n) is 15.8. The van der Waals surface area contributed by atoms with Crippen LogP contribution in [0.2, 0.25) is 23.2 Å². The Morgan fingerprint density at radius 3 is 2.36 bits per heavy atom. The van der Waals surface area contributed by atoms with Crippen LogP contribution in [0.5, 0.6) is 0 Å². The number of ether oxygens (including phenoxy) is 1. The number of benzene rings is 1. The molecule has 1 N–H and O–H groups in total. The Balaban J connectivity index is 2.74. The van der Waals surface area contributed by atoms with E-state index in [0.29, 0.717) is 23.6 Å². The highest BCUT2D eigenvalue weighted by atomic mass is 35.5. The van der Waals surface area contributed by atoms with Crippen molar-refractivity contribution in [2.75, 3.05) is 13.7 Å². The zero-order chi connectivity index (χ0) is 19.3. The maximum Gasteiger partial charge on any atom is 0.328 e. The fraction of sp³-hybridized carbons (Fsp3) is 0.556. The maximum atomic E-state index is 12.4. The highest BCUT2D eigenvalue weighted by Gasteiger charge is 2.37. The predicted octanol–water partition coefficient (Wildman–Crippen LogP) is 4.02. The van der Waals surface area contributed by atoms with Gasteiger partial charge in [0.15, 0.2) is 8.32 Å². The van der Waals surface area contributed by atoms with Crippen molar-refractivity contribution in [2.45, 2.75) is 51.4 Å². The van der Waals surface area contributed by atoms with Crippen molar-refractivity contribution in [3.05, 3.63) is 34.9 Å². The van der Waals surface area contributed by atoms with E-state index in [4.69, 9.17) is 20.8 Å². The van der Waals surface area contributed by atoms with Crippen LogP contribution in [0.15, 0.2) is 24.3 Å². The van der Waals surface area contributed by atoms with Gasteiger partial charge in [-0.3, -0.25) is 4.79 Å². The van der Waals surface area contributed by atoms with E-state index in [2.05, 4.69) is 39.2 Å². The third kappa shape index (κ3) is 6.13. The van der Waals surface area contributed by atoms with Crippen molar-refractivity contribution in [3.8, 4) is 0 Å². The molecule has 1 rings (SSSR count). The van der Waals surface area contributed by atoms with Gasteiger partial charge in [0.25, 0.3) is 5.91 Å². The molecule has 0 heterocycles. The highest BCUT2D eigenvalue weighted by Crippen LogP contribution is 2.36. The van der Waals surface area contributed by atoms with E-state index in [-0.39, 0.29) is 5.04 Å². The second kappa shape index (κ2) is 8.83. The molecule has 0 aliphatic heterocycles. The van der Waals surface area contributed by atoms with Crippen LogP contribution in [0.3, 0.4) is 0 Å². The maximum absolute atomic E-state index is 12.4. The van der Waals surface area contributed by atoms with Crippen LogP contribution in [0.25, 0.3) is 0 Å². The van der Waals surface area contributed by atoms with Crippen molar-refractivity contribution < 1.29 is 18.8 Å². The summed E-state index contributed by atoms with van der Waals surface area (Å²) in [6.45, 7) is 11.1. The van der Waals surface area contributed by atoms with Gasteiger partial charge in [-0.25, -0.2) is 4.79 Å². The molecule has 0 unspecified atom stereocenters. The second-order valence-electron chi connectivity index (χ2n) is 7.43. The number of hydrogen-bond acceptors (Lipinski definition) is 4. The first-order valence-electron chi connectivity index (χ1n) is 8.27. The number of nitrogens with one attached hydrogen (secondary N) is 1. The quantitative estimate of drug-likeness (QED) is 0.568. The fourth-order valence-corrected chi connectivity index (χ4v) is 3.20. The SMILES string of the molecule is COC(=O)[C@H](CCO[Si](C)(C)C(C)(C)C)NC(=O)c1ccccc1Cl. The van der Waals surface area contributed by atoms with Gasteiger partial charge in [0.05, 0.1) is 17.7 Å². The van der Waals surface area contributed by atoms with Gasteiger partial charge in [-0.05, 0) is 30.3 Å². The van der Waals surface area contributed by atoms with E-state index in [1.165, 1.54) is 7.11 Å². The molecule has 7 heteroatoms. The summed E-state index contributed by atoms with van der Waals surface area (Å²) in [4.78, 5) is 24.4.